The predicted molar refractivity (Wildman–Crippen MR) is 155 cm³/mol. The van der Waals surface area contributed by atoms with Crippen LogP contribution in [-0.4, -0.2) is 84.6 Å². The minimum absolute atomic E-state index is 0.0504. The fraction of sp³-hybridized carbons (Fsp3) is 0.367. The molecule has 1 aromatic carbocycles. The van der Waals surface area contributed by atoms with Gasteiger partial charge in [-0.1, -0.05) is 36.4 Å². The molecule has 0 saturated carbocycles. The summed E-state index contributed by atoms with van der Waals surface area (Å²) in [5.74, 6) is 0.136. The van der Waals surface area contributed by atoms with Gasteiger partial charge in [-0.2, -0.15) is 0 Å². The lowest BCUT2D eigenvalue weighted by Crippen LogP contribution is -2.39. The minimum Gasteiger partial charge on any atom is -0.480 e. The van der Waals surface area contributed by atoms with E-state index in [4.69, 9.17) is 19.4 Å². The number of aryl methyl sites for hydroxylation is 1. The fourth-order valence-electron chi connectivity index (χ4n) is 5.33. The number of carboxylic acid groups (broad SMARTS) is 2. The van der Waals surface area contributed by atoms with Gasteiger partial charge in [-0.15, -0.1) is 0 Å². The van der Waals surface area contributed by atoms with Crippen LogP contribution >= 0.6 is 0 Å². The van der Waals surface area contributed by atoms with Crippen LogP contribution in [0, 0.1) is 6.92 Å². The minimum atomic E-state index is -1.26. The van der Waals surface area contributed by atoms with Crippen molar-refractivity contribution in [3.8, 4) is 11.3 Å². The number of ether oxygens (including phenoxy) is 2. The second kappa shape index (κ2) is 13.0. The van der Waals surface area contributed by atoms with Crippen LogP contribution in [0.25, 0.3) is 22.4 Å². The lowest BCUT2D eigenvalue weighted by molar-refractivity contribution is -0.141. The normalized spacial score (nSPS) is 17.4. The molecule has 12 heteroatoms. The molecule has 1 fully saturated rings. The highest BCUT2D eigenvalue weighted by atomic mass is 16.5. The van der Waals surface area contributed by atoms with Gasteiger partial charge in [0, 0.05) is 37.4 Å². The zero-order chi connectivity index (χ0) is 29.6. The van der Waals surface area contributed by atoms with Crippen molar-refractivity contribution in [2.75, 3.05) is 25.1 Å². The number of aliphatic carboxylic acids is 1. The Hall–Kier alpha value is -4.55. The van der Waals surface area contributed by atoms with Crippen molar-refractivity contribution < 1.29 is 29.3 Å². The molecule has 1 aliphatic rings. The number of carbonyl (C=O) groups is 2. The molecular weight excluding hydrogens is 540 g/mol. The molecule has 0 spiro atoms. The largest absolute Gasteiger partial charge is 0.480 e. The molecule has 1 unspecified atom stereocenters. The summed E-state index contributed by atoms with van der Waals surface area (Å²) in [7, 11) is 0. The van der Waals surface area contributed by atoms with E-state index >= 15 is 0 Å². The van der Waals surface area contributed by atoms with Crippen LogP contribution in [0.15, 0.2) is 60.8 Å². The lowest BCUT2D eigenvalue weighted by atomic mass is 10.1. The van der Waals surface area contributed by atoms with Gasteiger partial charge in [0.15, 0.2) is 5.65 Å². The zero-order valence-corrected chi connectivity index (χ0v) is 23.5. The number of nitrogens with zero attached hydrogens (tertiary/aromatic N) is 5. The van der Waals surface area contributed by atoms with Gasteiger partial charge >= 0.3 is 12.1 Å². The van der Waals surface area contributed by atoms with Gasteiger partial charge in [-0.3, -0.25) is 4.90 Å². The number of hydrogen-bond donors (Lipinski definition) is 3. The number of pyridine rings is 2. The van der Waals surface area contributed by atoms with E-state index in [2.05, 4.69) is 14.9 Å². The number of carboxylic acids is 1. The van der Waals surface area contributed by atoms with E-state index < -0.39 is 24.1 Å². The number of hydrogen-bond acceptors (Lipinski definition) is 8. The maximum Gasteiger partial charge on any atom is 0.408 e. The molecule has 0 bridgehead atoms. The number of amides is 1. The van der Waals surface area contributed by atoms with E-state index in [1.54, 1.807) is 12.3 Å². The number of imidazole rings is 1. The number of likely N-dealkylation sites (tertiary alicyclic amines) is 1. The van der Waals surface area contributed by atoms with Gasteiger partial charge in [-0.25, -0.2) is 24.5 Å². The summed E-state index contributed by atoms with van der Waals surface area (Å²) in [6.07, 6.45) is 0.361. The van der Waals surface area contributed by atoms with E-state index in [1.165, 1.54) is 0 Å². The molecule has 220 valence electrons. The van der Waals surface area contributed by atoms with Crippen molar-refractivity contribution in [2.24, 2.45) is 0 Å². The second-order valence-corrected chi connectivity index (χ2v) is 10.2. The Morgan fingerprint density at radius 1 is 1.10 bits per heavy atom. The zero-order valence-electron chi connectivity index (χ0n) is 23.5. The summed E-state index contributed by atoms with van der Waals surface area (Å²) < 4.78 is 14.1. The first-order chi connectivity index (χ1) is 20.3. The molecule has 0 aliphatic carbocycles. The summed E-state index contributed by atoms with van der Waals surface area (Å²) in [6.45, 7) is 5.87. The quantitative estimate of drug-likeness (QED) is 0.226. The highest BCUT2D eigenvalue weighted by Gasteiger charge is 2.40. The molecule has 4 heterocycles. The average Bonchev–Trinajstić information content (AvgIpc) is 3.55. The Bertz CT molecular complexity index is 1520. The SMILES string of the molecule is CCOC(COCc1ccccc1)Cn1c(C)nc2nccc(-c3cccc(N[C@H]4C[C@@H](C(=O)O)N(C(=O)O)C4)n3)c21. The third kappa shape index (κ3) is 6.50. The number of aromatic nitrogens is 4. The number of rotatable bonds is 12. The van der Waals surface area contributed by atoms with E-state index in [0.717, 1.165) is 27.4 Å². The van der Waals surface area contributed by atoms with E-state index in [-0.39, 0.29) is 19.1 Å². The summed E-state index contributed by atoms with van der Waals surface area (Å²) >= 11 is 0. The molecule has 0 radical (unpaired) electrons. The standard InChI is InChI=1S/C30H34N6O6/c1-3-42-22(18-41-17-20-8-5-4-6-9-20)16-35-19(2)32-28-27(35)23(12-13-31-28)24-10-7-11-26(34-24)33-21-14-25(29(37)38)36(15-21)30(39)40/h4-13,21-22,25H,3,14-18H2,1-2H3,(H,33,34)(H,37,38)(H,39,40)/t21-,22?,25-/m0/s1. The third-order valence-corrected chi connectivity index (χ3v) is 7.25. The van der Waals surface area contributed by atoms with Crippen LogP contribution in [-0.2, 0) is 27.4 Å². The first kappa shape index (κ1) is 29.0. The van der Waals surface area contributed by atoms with Crippen molar-refractivity contribution in [2.45, 2.75) is 51.6 Å². The second-order valence-electron chi connectivity index (χ2n) is 10.2. The monoisotopic (exact) mass is 574 g/mol. The highest BCUT2D eigenvalue weighted by Crippen LogP contribution is 2.29. The van der Waals surface area contributed by atoms with Gasteiger partial charge in [0.2, 0.25) is 0 Å². The molecule has 1 aliphatic heterocycles. The van der Waals surface area contributed by atoms with Crippen molar-refractivity contribution in [1.29, 1.82) is 0 Å². The highest BCUT2D eigenvalue weighted by molar-refractivity contribution is 5.89. The van der Waals surface area contributed by atoms with Crippen LogP contribution in [0.1, 0.15) is 24.7 Å². The Labute approximate surface area is 242 Å². The Morgan fingerprint density at radius 3 is 2.62 bits per heavy atom. The summed E-state index contributed by atoms with van der Waals surface area (Å²) in [5.41, 5.74) is 3.99. The number of fused-ring (bicyclic) bond motifs is 1. The summed E-state index contributed by atoms with van der Waals surface area (Å²) in [5, 5.41) is 22.1. The Kier molecular flexibility index (Phi) is 8.94. The van der Waals surface area contributed by atoms with Crippen molar-refractivity contribution in [1.82, 2.24) is 24.4 Å². The smallest absolute Gasteiger partial charge is 0.408 e. The molecule has 12 nitrogen and oxygen atoms in total. The molecule has 1 saturated heterocycles. The van der Waals surface area contributed by atoms with E-state index in [0.29, 0.717) is 43.5 Å². The molecule has 3 N–H and O–H groups in total. The van der Waals surface area contributed by atoms with Crippen molar-refractivity contribution in [3.63, 3.8) is 0 Å². The van der Waals surface area contributed by atoms with E-state index in [1.807, 2.05) is 62.4 Å². The molecule has 42 heavy (non-hydrogen) atoms. The number of anilines is 1. The first-order valence-electron chi connectivity index (χ1n) is 13.9. The lowest BCUT2D eigenvalue weighted by Gasteiger charge is -2.20. The fourth-order valence-corrected chi connectivity index (χ4v) is 5.33. The molecule has 4 aromatic rings. The molecule has 5 rings (SSSR count). The summed E-state index contributed by atoms with van der Waals surface area (Å²) in [4.78, 5) is 38.0. The maximum atomic E-state index is 11.6. The van der Waals surface area contributed by atoms with Crippen LogP contribution in [0.5, 0.6) is 0 Å². The summed E-state index contributed by atoms with van der Waals surface area (Å²) in [6, 6.07) is 15.9. The average molecular weight is 575 g/mol. The van der Waals surface area contributed by atoms with Gasteiger partial charge in [0.05, 0.1) is 37.1 Å². The van der Waals surface area contributed by atoms with Gasteiger partial charge in [-0.05, 0) is 37.6 Å². The number of benzene rings is 1. The van der Waals surface area contributed by atoms with Gasteiger partial charge < -0.3 is 29.6 Å². The first-order valence-corrected chi connectivity index (χ1v) is 13.9. The van der Waals surface area contributed by atoms with Crippen molar-refractivity contribution in [3.05, 3.63) is 72.2 Å². The molecular formula is C30H34N6O6. The molecule has 1 amide bonds. The Balaban J connectivity index is 1.37. The van der Waals surface area contributed by atoms with Gasteiger partial charge in [0.25, 0.3) is 0 Å². The topological polar surface area (TPSA) is 152 Å². The predicted octanol–water partition coefficient (Wildman–Crippen LogP) is 4.04. The third-order valence-electron chi connectivity index (χ3n) is 7.25. The van der Waals surface area contributed by atoms with Gasteiger partial charge in [0.1, 0.15) is 17.7 Å². The van der Waals surface area contributed by atoms with Crippen LogP contribution < -0.4 is 5.32 Å². The van der Waals surface area contributed by atoms with Crippen molar-refractivity contribution >= 4 is 29.0 Å². The Morgan fingerprint density at radius 2 is 1.90 bits per heavy atom. The van der Waals surface area contributed by atoms with Crippen LogP contribution in [0.4, 0.5) is 10.6 Å². The molecule has 3 aromatic heterocycles. The number of nitrogens with one attached hydrogen (secondary N) is 1. The van der Waals surface area contributed by atoms with Crippen LogP contribution in [0.3, 0.4) is 0 Å². The van der Waals surface area contributed by atoms with Crippen LogP contribution in [0.2, 0.25) is 0 Å². The van der Waals surface area contributed by atoms with E-state index in [9.17, 15) is 19.8 Å². The maximum absolute atomic E-state index is 11.6. The molecule has 3 atom stereocenters.